The van der Waals surface area contributed by atoms with Gasteiger partial charge in [-0.05, 0) is 49.6 Å². The Bertz CT molecular complexity index is 714. The molecule has 0 atom stereocenters. The second-order valence-corrected chi connectivity index (χ2v) is 5.32. The molecule has 2 aromatic rings. The van der Waals surface area contributed by atoms with Gasteiger partial charge in [-0.1, -0.05) is 6.07 Å². The minimum Gasteiger partial charge on any atom is -0.478 e. The molecule has 1 aromatic carbocycles. The smallest absolute Gasteiger partial charge is 0.335 e. The molecule has 5 nitrogen and oxygen atoms in total. The third kappa shape index (κ3) is 2.67. The van der Waals surface area contributed by atoms with Gasteiger partial charge >= 0.3 is 5.97 Å². The summed E-state index contributed by atoms with van der Waals surface area (Å²) in [6.07, 6.45) is 4.11. The number of rotatable bonds is 4. The molecule has 5 heteroatoms. The van der Waals surface area contributed by atoms with E-state index in [-0.39, 0.29) is 11.5 Å². The Kier molecular flexibility index (Phi) is 3.25. The maximum absolute atomic E-state index is 12.4. The predicted molar refractivity (Wildman–Crippen MR) is 78.8 cm³/mol. The Morgan fingerprint density at radius 1 is 1.29 bits per heavy atom. The SMILES string of the molecule is Cc1ccc(C(=O)O)cc1NC(=O)c1cccn1C1CC1. The summed E-state index contributed by atoms with van der Waals surface area (Å²) in [6.45, 7) is 1.83. The average Bonchev–Trinajstić information content (AvgIpc) is 3.18. The van der Waals surface area contributed by atoms with Gasteiger partial charge < -0.3 is 15.0 Å². The van der Waals surface area contributed by atoms with Gasteiger partial charge in [0.15, 0.2) is 0 Å². The van der Waals surface area contributed by atoms with Crippen LogP contribution in [-0.4, -0.2) is 21.6 Å². The summed E-state index contributed by atoms with van der Waals surface area (Å²) in [7, 11) is 0. The van der Waals surface area contributed by atoms with Crippen LogP contribution in [0.1, 0.15) is 45.3 Å². The van der Waals surface area contributed by atoms with Crippen molar-refractivity contribution < 1.29 is 14.7 Å². The van der Waals surface area contributed by atoms with E-state index in [2.05, 4.69) is 5.32 Å². The first-order valence-electron chi connectivity index (χ1n) is 6.88. The van der Waals surface area contributed by atoms with E-state index >= 15 is 0 Å². The van der Waals surface area contributed by atoms with Gasteiger partial charge in [-0.25, -0.2) is 4.79 Å². The predicted octanol–water partition coefficient (Wildman–Crippen LogP) is 3.08. The molecule has 1 amide bonds. The minimum atomic E-state index is -1.01. The maximum Gasteiger partial charge on any atom is 0.335 e. The summed E-state index contributed by atoms with van der Waals surface area (Å²) in [5.74, 6) is -1.22. The number of carboxylic acids is 1. The van der Waals surface area contributed by atoms with Crippen molar-refractivity contribution in [2.45, 2.75) is 25.8 Å². The molecule has 0 bridgehead atoms. The highest BCUT2D eigenvalue weighted by molar-refractivity contribution is 6.04. The van der Waals surface area contributed by atoms with Gasteiger partial charge in [0.1, 0.15) is 5.69 Å². The van der Waals surface area contributed by atoms with Crippen molar-refractivity contribution >= 4 is 17.6 Å². The van der Waals surface area contributed by atoms with E-state index < -0.39 is 5.97 Å². The van der Waals surface area contributed by atoms with Crippen molar-refractivity contribution in [3.05, 3.63) is 53.3 Å². The molecule has 1 aliphatic rings. The van der Waals surface area contributed by atoms with Crippen LogP contribution >= 0.6 is 0 Å². The second-order valence-electron chi connectivity index (χ2n) is 5.32. The largest absolute Gasteiger partial charge is 0.478 e. The number of carbonyl (C=O) groups is 2. The van der Waals surface area contributed by atoms with Crippen LogP contribution in [0.5, 0.6) is 0 Å². The van der Waals surface area contributed by atoms with Crippen LogP contribution in [0.3, 0.4) is 0 Å². The van der Waals surface area contributed by atoms with Crippen LogP contribution in [0.15, 0.2) is 36.5 Å². The first kappa shape index (κ1) is 13.4. The van der Waals surface area contributed by atoms with Gasteiger partial charge in [0.05, 0.1) is 5.56 Å². The fraction of sp³-hybridized carbons (Fsp3) is 0.250. The van der Waals surface area contributed by atoms with Crippen molar-refractivity contribution in [3.8, 4) is 0 Å². The second kappa shape index (κ2) is 5.09. The molecule has 0 radical (unpaired) electrons. The van der Waals surface area contributed by atoms with Gasteiger partial charge in [0.2, 0.25) is 0 Å². The number of nitrogens with zero attached hydrogens (tertiary/aromatic N) is 1. The summed E-state index contributed by atoms with van der Waals surface area (Å²) in [6, 6.07) is 8.77. The highest BCUT2D eigenvalue weighted by Crippen LogP contribution is 2.36. The van der Waals surface area contributed by atoms with Crippen molar-refractivity contribution in [2.24, 2.45) is 0 Å². The summed E-state index contributed by atoms with van der Waals surface area (Å²) >= 11 is 0. The number of anilines is 1. The van der Waals surface area contributed by atoms with Crippen LogP contribution in [0.2, 0.25) is 0 Å². The zero-order chi connectivity index (χ0) is 15.0. The third-order valence-corrected chi connectivity index (χ3v) is 3.68. The number of carbonyl (C=O) groups excluding carboxylic acids is 1. The van der Waals surface area contributed by atoms with Crippen molar-refractivity contribution in [2.75, 3.05) is 5.32 Å². The third-order valence-electron chi connectivity index (χ3n) is 3.68. The Balaban J connectivity index is 1.85. The Hall–Kier alpha value is -2.56. The zero-order valence-electron chi connectivity index (χ0n) is 11.7. The standard InChI is InChI=1S/C16H16N2O3/c1-10-4-5-11(16(20)21)9-13(10)17-15(19)14-3-2-8-18(14)12-6-7-12/h2-5,8-9,12H,6-7H2,1H3,(H,17,19)(H,20,21). The molecule has 0 aliphatic heterocycles. The van der Waals surface area contributed by atoms with E-state index in [1.54, 1.807) is 12.1 Å². The van der Waals surface area contributed by atoms with E-state index in [9.17, 15) is 9.59 Å². The molecule has 3 rings (SSSR count). The van der Waals surface area contributed by atoms with Crippen molar-refractivity contribution in [1.82, 2.24) is 4.57 Å². The monoisotopic (exact) mass is 284 g/mol. The van der Waals surface area contributed by atoms with E-state index in [1.165, 1.54) is 12.1 Å². The lowest BCUT2D eigenvalue weighted by Gasteiger charge is -2.11. The Morgan fingerprint density at radius 2 is 2.05 bits per heavy atom. The lowest BCUT2D eigenvalue weighted by molar-refractivity contribution is 0.0696. The number of hydrogen-bond donors (Lipinski definition) is 2. The molecule has 1 heterocycles. The number of aromatic nitrogens is 1. The summed E-state index contributed by atoms with van der Waals surface area (Å²) in [5.41, 5.74) is 2.13. The first-order valence-corrected chi connectivity index (χ1v) is 6.88. The zero-order valence-corrected chi connectivity index (χ0v) is 11.7. The van der Waals surface area contributed by atoms with Crippen LogP contribution in [0, 0.1) is 6.92 Å². The summed E-state index contributed by atoms with van der Waals surface area (Å²) < 4.78 is 1.98. The Labute approximate surface area is 122 Å². The lowest BCUT2D eigenvalue weighted by Crippen LogP contribution is -2.17. The van der Waals surface area contributed by atoms with E-state index in [0.717, 1.165) is 18.4 Å². The molecule has 2 N–H and O–H groups in total. The molecule has 1 fully saturated rings. The van der Waals surface area contributed by atoms with Crippen LogP contribution in [-0.2, 0) is 0 Å². The molecule has 0 saturated heterocycles. The topological polar surface area (TPSA) is 71.3 Å². The van der Waals surface area contributed by atoms with Crippen LogP contribution < -0.4 is 5.32 Å². The molecule has 1 aromatic heterocycles. The van der Waals surface area contributed by atoms with Gasteiger partial charge in [0, 0.05) is 17.9 Å². The minimum absolute atomic E-state index is 0.161. The molecule has 1 aliphatic carbocycles. The van der Waals surface area contributed by atoms with E-state index in [0.29, 0.717) is 17.4 Å². The number of hydrogen-bond acceptors (Lipinski definition) is 2. The fourth-order valence-electron chi connectivity index (χ4n) is 2.33. The lowest BCUT2D eigenvalue weighted by atomic mass is 10.1. The van der Waals surface area contributed by atoms with E-state index in [1.807, 2.05) is 23.8 Å². The van der Waals surface area contributed by atoms with Crippen LogP contribution in [0.4, 0.5) is 5.69 Å². The van der Waals surface area contributed by atoms with Gasteiger partial charge in [-0.2, -0.15) is 0 Å². The van der Waals surface area contributed by atoms with Crippen LogP contribution in [0.25, 0.3) is 0 Å². The number of benzene rings is 1. The molecule has 1 saturated carbocycles. The first-order chi connectivity index (χ1) is 10.1. The van der Waals surface area contributed by atoms with Gasteiger partial charge in [-0.15, -0.1) is 0 Å². The van der Waals surface area contributed by atoms with E-state index in [4.69, 9.17) is 5.11 Å². The Morgan fingerprint density at radius 3 is 2.71 bits per heavy atom. The molecule has 108 valence electrons. The normalized spacial score (nSPS) is 14.0. The number of amides is 1. The van der Waals surface area contributed by atoms with Gasteiger partial charge in [-0.3, -0.25) is 4.79 Å². The maximum atomic E-state index is 12.4. The summed E-state index contributed by atoms with van der Waals surface area (Å²) in [5, 5.41) is 11.8. The fourth-order valence-corrected chi connectivity index (χ4v) is 2.33. The van der Waals surface area contributed by atoms with Crippen molar-refractivity contribution in [1.29, 1.82) is 0 Å². The summed E-state index contributed by atoms with van der Waals surface area (Å²) in [4.78, 5) is 23.4. The highest BCUT2D eigenvalue weighted by atomic mass is 16.4. The highest BCUT2D eigenvalue weighted by Gasteiger charge is 2.26. The molecule has 0 spiro atoms. The number of carboxylic acid groups (broad SMARTS) is 1. The number of aromatic carboxylic acids is 1. The molecular formula is C16H16N2O3. The number of nitrogens with one attached hydrogen (secondary N) is 1. The van der Waals surface area contributed by atoms with Gasteiger partial charge in [0.25, 0.3) is 5.91 Å². The van der Waals surface area contributed by atoms with Crippen molar-refractivity contribution in [3.63, 3.8) is 0 Å². The number of aryl methyl sites for hydroxylation is 1. The molecular weight excluding hydrogens is 268 g/mol. The molecule has 0 unspecified atom stereocenters. The average molecular weight is 284 g/mol. The quantitative estimate of drug-likeness (QED) is 0.906. The molecule has 21 heavy (non-hydrogen) atoms.